The molecule has 3 N–H and O–H groups in total. The zero-order valence-electron chi connectivity index (χ0n) is 10.1. The number of ether oxygens (including phenoxy) is 2. The fourth-order valence-electron chi connectivity index (χ4n) is 1.32. The summed E-state index contributed by atoms with van der Waals surface area (Å²) in [5, 5.41) is 3.23. The summed E-state index contributed by atoms with van der Waals surface area (Å²) < 4.78 is 10.6. The molecule has 1 unspecified atom stereocenters. The molecule has 0 heterocycles. The molecule has 90 valence electrons. The first-order valence-electron chi connectivity index (χ1n) is 5.47. The van der Waals surface area contributed by atoms with Gasteiger partial charge >= 0.3 is 0 Å². The average molecular weight is 224 g/mol. The lowest BCUT2D eigenvalue weighted by Gasteiger charge is -2.15. The lowest BCUT2D eigenvalue weighted by Crippen LogP contribution is -2.18. The highest BCUT2D eigenvalue weighted by Crippen LogP contribution is 2.29. The molecule has 0 aliphatic rings. The van der Waals surface area contributed by atoms with Crippen LogP contribution in [0.5, 0.6) is 5.75 Å². The zero-order valence-corrected chi connectivity index (χ0v) is 10.1. The minimum atomic E-state index is 0.148. The van der Waals surface area contributed by atoms with Crippen molar-refractivity contribution in [3.8, 4) is 5.75 Å². The van der Waals surface area contributed by atoms with Crippen molar-refractivity contribution in [1.82, 2.24) is 0 Å². The van der Waals surface area contributed by atoms with Crippen LogP contribution in [0.2, 0.25) is 0 Å². The number of hydrogen-bond donors (Lipinski definition) is 2. The predicted octanol–water partition coefficient (Wildman–Crippen LogP) is 2.11. The largest absolute Gasteiger partial charge is 0.492 e. The van der Waals surface area contributed by atoms with E-state index >= 15 is 0 Å². The molecule has 4 nitrogen and oxygen atoms in total. The molecule has 0 aliphatic carbocycles. The van der Waals surface area contributed by atoms with Gasteiger partial charge < -0.3 is 20.5 Å². The van der Waals surface area contributed by atoms with Gasteiger partial charge in [-0.15, -0.1) is 0 Å². The van der Waals surface area contributed by atoms with E-state index in [2.05, 4.69) is 5.32 Å². The topological polar surface area (TPSA) is 56.5 Å². The van der Waals surface area contributed by atoms with Gasteiger partial charge in [0.25, 0.3) is 0 Å². The first-order chi connectivity index (χ1) is 7.69. The maximum Gasteiger partial charge on any atom is 0.144 e. The van der Waals surface area contributed by atoms with Crippen molar-refractivity contribution in [1.29, 1.82) is 0 Å². The van der Waals surface area contributed by atoms with Crippen LogP contribution in [-0.4, -0.2) is 26.4 Å². The summed E-state index contributed by atoms with van der Waals surface area (Å²) in [5.41, 5.74) is 7.50. The molecule has 1 atom stereocenters. The molecule has 1 rings (SSSR count). The van der Waals surface area contributed by atoms with Crippen LogP contribution in [0.4, 0.5) is 11.4 Å². The van der Waals surface area contributed by atoms with E-state index in [1.54, 1.807) is 7.11 Å². The second kappa shape index (κ2) is 6.23. The number of nitrogens with two attached hydrogens (primary N) is 1. The van der Waals surface area contributed by atoms with E-state index in [-0.39, 0.29) is 6.10 Å². The summed E-state index contributed by atoms with van der Waals surface area (Å²) in [6.45, 7) is 5.26. The molecular formula is C12H20N2O2. The third kappa shape index (κ3) is 3.31. The first-order valence-corrected chi connectivity index (χ1v) is 5.47. The molecule has 1 aromatic rings. The Labute approximate surface area is 96.7 Å². The van der Waals surface area contributed by atoms with Crippen molar-refractivity contribution >= 4 is 11.4 Å². The number of rotatable bonds is 6. The van der Waals surface area contributed by atoms with Crippen LogP contribution in [0, 0.1) is 0 Å². The van der Waals surface area contributed by atoms with Crippen molar-refractivity contribution < 1.29 is 9.47 Å². The van der Waals surface area contributed by atoms with Crippen LogP contribution < -0.4 is 15.8 Å². The number of para-hydroxylation sites is 1. The average Bonchev–Trinajstić information content (AvgIpc) is 2.30. The number of nitrogens with one attached hydrogen (secondary N) is 1. The normalized spacial score (nSPS) is 12.2. The maximum atomic E-state index is 5.97. The van der Waals surface area contributed by atoms with Crippen LogP contribution >= 0.6 is 0 Å². The SMILES string of the molecule is CCOc1cccc(NCC(C)OC)c1N. The Hall–Kier alpha value is -1.42. The molecule has 16 heavy (non-hydrogen) atoms. The number of methoxy groups -OCH3 is 1. The summed E-state index contributed by atoms with van der Waals surface area (Å²) in [5.74, 6) is 0.720. The van der Waals surface area contributed by atoms with Gasteiger partial charge in [0.15, 0.2) is 0 Å². The van der Waals surface area contributed by atoms with Crippen LogP contribution in [0.25, 0.3) is 0 Å². The summed E-state index contributed by atoms with van der Waals surface area (Å²) >= 11 is 0. The van der Waals surface area contributed by atoms with E-state index in [9.17, 15) is 0 Å². The van der Waals surface area contributed by atoms with Crippen LogP contribution in [0.15, 0.2) is 18.2 Å². The minimum absolute atomic E-state index is 0.148. The molecule has 0 aromatic heterocycles. The molecular weight excluding hydrogens is 204 g/mol. The molecule has 4 heteroatoms. The van der Waals surface area contributed by atoms with Gasteiger partial charge in [-0.3, -0.25) is 0 Å². The van der Waals surface area contributed by atoms with Crippen molar-refractivity contribution in [3.63, 3.8) is 0 Å². The molecule has 0 saturated carbocycles. The maximum absolute atomic E-state index is 5.97. The summed E-state index contributed by atoms with van der Waals surface area (Å²) in [7, 11) is 1.69. The van der Waals surface area contributed by atoms with E-state index in [0.29, 0.717) is 12.3 Å². The number of nitrogen functional groups attached to an aromatic ring is 1. The number of benzene rings is 1. The van der Waals surface area contributed by atoms with Gasteiger partial charge in [0, 0.05) is 13.7 Å². The third-order valence-corrected chi connectivity index (χ3v) is 2.35. The predicted molar refractivity (Wildman–Crippen MR) is 67.0 cm³/mol. The van der Waals surface area contributed by atoms with Crippen molar-refractivity contribution in [2.45, 2.75) is 20.0 Å². The number of anilines is 2. The van der Waals surface area contributed by atoms with Crippen molar-refractivity contribution in [2.24, 2.45) is 0 Å². The number of hydrogen-bond acceptors (Lipinski definition) is 4. The second-order valence-corrected chi connectivity index (χ2v) is 3.58. The second-order valence-electron chi connectivity index (χ2n) is 3.58. The van der Waals surface area contributed by atoms with Gasteiger partial charge in [-0.2, -0.15) is 0 Å². The van der Waals surface area contributed by atoms with E-state index < -0.39 is 0 Å². The van der Waals surface area contributed by atoms with Crippen molar-refractivity contribution in [3.05, 3.63) is 18.2 Å². The summed E-state index contributed by atoms with van der Waals surface area (Å²) in [4.78, 5) is 0. The first kappa shape index (κ1) is 12.6. The van der Waals surface area contributed by atoms with Crippen LogP contribution in [0.3, 0.4) is 0 Å². The van der Waals surface area contributed by atoms with Gasteiger partial charge in [-0.25, -0.2) is 0 Å². The summed E-state index contributed by atoms with van der Waals surface area (Å²) in [6, 6.07) is 5.71. The van der Waals surface area contributed by atoms with Gasteiger partial charge in [-0.05, 0) is 26.0 Å². The molecule has 0 aliphatic heterocycles. The Bertz CT molecular complexity index is 329. The smallest absolute Gasteiger partial charge is 0.144 e. The fraction of sp³-hybridized carbons (Fsp3) is 0.500. The van der Waals surface area contributed by atoms with E-state index in [0.717, 1.165) is 18.0 Å². The van der Waals surface area contributed by atoms with Crippen molar-refractivity contribution in [2.75, 3.05) is 31.3 Å². The van der Waals surface area contributed by atoms with Crippen LogP contribution in [-0.2, 0) is 4.74 Å². The van der Waals surface area contributed by atoms with Gasteiger partial charge in [-0.1, -0.05) is 6.07 Å². The zero-order chi connectivity index (χ0) is 12.0. The highest BCUT2D eigenvalue weighted by Gasteiger charge is 2.06. The van der Waals surface area contributed by atoms with Gasteiger partial charge in [0.1, 0.15) is 5.75 Å². The Balaban J connectivity index is 2.69. The quantitative estimate of drug-likeness (QED) is 0.727. The highest BCUT2D eigenvalue weighted by atomic mass is 16.5. The van der Waals surface area contributed by atoms with Gasteiger partial charge in [0.05, 0.1) is 24.1 Å². The van der Waals surface area contributed by atoms with E-state index in [4.69, 9.17) is 15.2 Å². The van der Waals surface area contributed by atoms with Gasteiger partial charge in [0.2, 0.25) is 0 Å². The monoisotopic (exact) mass is 224 g/mol. The molecule has 0 saturated heterocycles. The molecule has 0 radical (unpaired) electrons. The van der Waals surface area contributed by atoms with Crippen LogP contribution in [0.1, 0.15) is 13.8 Å². The Kier molecular flexibility index (Phi) is 4.92. The fourth-order valence-corrected chi connectivity index (χ4v) is 1.32. The van der Waals surface area contributed by atoms with E-state index in [1.165, 1.54) is 0 Å². The minimum Gasteiger partial charge on any atom is -0.492 e. The van der Waals surface area contributed by atoms with E-state index in [1.807, 2.05) is 32.0 Å². The Morgan fingerprint density at radius 2 is 2.19 bits per heavy atom. The molecule has 1 aromatic carbocycles. The summed E-state index contributed by atoms with van der Waals surface area (Å²) in [6.07, 6.45) is 0.148. The molecule has 0 spiro atoms. The highest BCUT2D eigenvalue weighted by molar-refractivity contribution is 5.72. The molecule has 0 amide bonds. The lowest BCUT2D eigenvalue weighted by molar-refractivity contribution is 0.129. The lowest BCUT2D eigenvalue weighted by atomic mass is 10.2. The Morgan fingerprint density at radius 3 is 2.81 bits per heavy atom. The third-order valence-electron chi connectivity index (χ3n) is 2.35. The molecule has 0 bridgehead atoms. The standard InChI is InChI=1S/C12H20N2O2/c1-4-16-11-7-5-6-10(12(11)13)14-8-9(2)15-3/h5-7,9,14H,4,8,13H2,1-3H3. The Morgan fingerprint density at radius 1 is 1.44 bits per heavy atom. The molecule has 0 fully saturated rings.